The van der Waals surface area contributed by atoms with Crippen molar-refractivity contribution in [3.63, 3.8) is 0 Å². The zero-order valence-electron chi connectivity index (χ0n) is 11.6. The highest BCUT2D eigenvalue weighted by Crippen LogP contribution is 2.19. The minimum Gasteiger partial charge on any atom is -0.354 e. The monoisotopic (exact) mass is 339 g/mol. The van der Waals surface area contributed by atoms with Gasteiger partial charge in [-0.3, -0.25) is 4.79 Å². The number of carbonyl (C=O) groups is 2. The number of nitrogens with zero attached hydrogens (tertiary/aromatic N) is 1. The van der Waals surface area contributed by atoms with E-state index < -0.39 is 6.04 Å². The first-order valence-electron chi connectivity index (χ1n) is 6.52. The molecule has 0 spiro atoms. The van der Waals surface area contributed by atoms with Crippen LogP contribution in [0.2, 0.25) is 0 Å². The Morgan fingerprint density at radius 1 is 1.55 bits per heavy atom. The number of hydrogen-bond donors (Lipinski definition) is 2. The summed E-state index contributed by atoms with van der Waals surface area (Å²) < 4.78 is 1.08. The maximum absolute atomic E-state index is 11.9. The van der Waals surface area contributed by atoms with E-state index in [2.05, 4.69) is 32.6 Å². The summed E-state index contributed by atoms with van der Waals surface area (Å²) in [4.78, 5) is 24.7. The first-order chi connectivity index (χ1) is 9.49. The smallest absolute Gasteiger partial charge is 0.317 e. The standard InChI is InChI=1S/C14H18BrN3O2/c1-9-10(4-3-5-11(9)15)6-7-16-13(19)12-8-18(2)14(20)17-12/h3-5,12H,6-8H2,1-2H3,(H,16,19)(H,17,20)/t12-/m0/s1. The highest BCUT2D eigenvalue weighted by atomic mass is 79.9. The Balaban J connectivity index is 1.83. The van der Waals surface area contributed by atoms with Gasteiger partial charge in [0.05, 0.1) is 6.54 Å². The summed E-state index contributed by atoms with van der Waals surface area (Å²) >= 11 is 3.49. The van der Waals surface area contributed by atoms with E-state index in [1.807, 2.05) is 19.1 Å². The molecular formula is C14H18BrN3O2. The molecule has 0 saturated carbocycles. The third kappa shape index (κ3) is 3.30. The molecular weight excluding hydrogens is 322 g/mol. The van der Waals surface area contributed by atoms with Gasteiger partial charge in [-0.25, -0.2) is 4.79 Å². The molecule has 1 saturated heterocycles. The molecule has 1 atom stereocenters. The third-order valence-electron chi connectivity index (χ3n) is 3.49. The van der Waals surface area contributed by atoms with Gasteiger partial charge in [0.25, 0.3) is 0 Å². The van der Waals surface area contributed by atoms with Gasteiger partial charge in [-0.15, -0.1) is 0 Å². The average Bonchev–Trinajstić information content (AvgIpc) is 2.75. The Kier molecular flexibility index (Phi) is 4.65. The lowest BCUT2D eigenvalue weighted by Crippen LogP contribution is -2.43. The van der Waals surface area contributed by atoms with Crippen molar-refractivity contribution in [2.24, 2.45) is 0 Å². The molecule has 3 amide bonds. The molecule has 1 heterocycles. The summed E-state index contributed by atoms with van der Waals surface area (Å²) in [5.74, 6) is -0.129. The average molecular weight is 340 g/mol. The van der Waals surface area contributed by atoms with Crippen LogP contribution in [0, 0.1) is 6.92 Å². The van der Waals surface area contributed by atoms with Crippen LogP contribution >= 0.6 is 15.9 Å². The molecule has 0 radical (unpaired) electrons. The Labute approximate surface area is 126 Å². The molecule has 108 valence electrons. The molecule has 1 aliphatic rings. The lowest BCUT2D eigenvalue weighted by molar-refractivity contribution is -0.122. The highest BCUT2D eigenvalue weighted by Gasteiger charge is 2.30. The number of carbonyl (C=O) groups excluding carboxylic acids is 2. The van der Waals surface area contributed by atoms with Crippen LogP contribution in [-0.4, -0.2) is 43.0 Å². The topological polar surface area (TPSA) is 61.4 Å². The third-order valence-corrected chi connectivity index (χ3v) is 4.35. The molecule has 2 N–H and O–H groups in total. The number of rotatable bonds is 4. The molecule has 0 aromatic heterocycles. The quantitative estimate of drug-likeness (QED) is 0.871. The molecule has 2 rings (SSSR count). The minimum absolute atomic E-state index is 0.129. The molecule has 1 aliphatic heterocycles. The predicted molar refractivity (Wildman–Crippen MR) is 80.5 cm³/mol. The van der Waals surface area contributed by atoms with Gasteiger partial charge < -0.3 is 15.5 Å². The van der Waals surface area contributed by atoms with Crippen molar-refractivity contribution in [2.45, 2.75) is 19.4 Å². The summed E-state index contributed by atoms with van der Waals surface area (Å²) in [5, 5.41) is 5.51. The summed E-state index contributed by atoms with van der Waals surface area (Å²) in [5.41, 5.74) is 2.39. The number of hydrogen-bond acceptors (Lipinski definition) is 2. The van der Waals surface area contributed by atoms with Gasteiger partial charge in [-0.05, 0) is 30.5 Å². The fourth-order valence-electron chi connectivity index (χ4n) is 2.18. The molecule has 20 heavy (non-hydrogen) atoms. The maximum Gasteiger partial charge on any atom is 0.317 e. The van der Waals surface area contributed by atoms with Crippen LogP contribution in [0.5, 0.6) is 0 Å². The predicted octanol–water partition coefficient (Wildman–Crippen LogP) is 1.44. The van der Waals surface area contributed by atoms with Gasteiger partial charge in [-0.2, -0.15) is 0 Å². The van der Waals surface area contributed by atoms with E-state index >= 15 is 0 Å². The zero-order chi connectivity index (χ0) is 14.7. The largest absolute Gasteiger partial charge is 0.354 e. The van der Waals surface area contributed by atoms with E-state index in [9.17, 15) is 9.59 Å². The lowest BCUT2D eigenvalue weighted by atomic mass is 10.1. The van der Waals surface area contributed by atoms with Crippen LogP contribution in [0.1, 0.15) is 11.1 Å². The van der Waals surface area contributed by atoms with Crippen molar-refractivity contribution < 1.29 is 9.59 Å². The first kappa shape index (κ1) is 14.8. The molecule has 6 heteroatoms. The normalized spacial score (nSPS) is 18.1. The second kappa shape index (κ2) is 6.26. The van der Waals surface area contributed by atoms with Crippen LogP contribution in [-0.2, 0) is 11.2 Å². The van der Waals surface area contributed by atoms with Gasteiger partial charge in [0.2, 0.25) is 5.91 Å². The van der Waals surface area contributed by atoms with Crippen molar-refractivity contribution >= 4 is 27.9 Å². The SMILES string of the molecule is Cc1c(Br)cccc1CCNC(=O)[C@@H]1CN(C)C(=O)N1. The van der Waals surface area contributed by atoms with E-state index in [1.165, 1.54) is 16.0 Å². The van der Waals surface area contributed by atoms with Crippen molar-refractivity contribution in [1.82, 2.24) is 15.5 Å². The van der Waals surface area contributed by atoms with Gasteiger partial charge in [0.15, 0.2) is 0 Å². The second-order valence-corrected chi connectivity index (χ2v) is 5.80. The van der Waals surface area contributed by atoms with E-state index in [-0.39, 0.29) is 11.9 Å². The number of urea groups is 1. The van der Waals surface area contributed by atoms with Gasteiger partial charge in [0.1, 0.15) is 6.04 Å². The highest BCUT2D eigenvalue weighted by molar-refractivity contribution is 9.10. The van der Waals surface area contributed by atoms with Crippen LogP contribution in [0.4, 0.5) is 4.79 Å². The Bertz CT molecular complexity index is 533. The molecule has 1 aromatic carbocycles. The Morgan fingerprint density at radius 3 is 2.95 bits per heavy atom. The summed E-state index contributed by atoms with van der Waals surface area (Å²) in [6, 6.07) is 5.39. The van der Waals surface area contributed by atoms with E-state index in [4.69, 9.17) is 0 Å². The molecule has 5 nitrogen and oxygen atoms in total. The first-order valence-corrected chi connectivity index (χ1v) is 7.31. The number of benzene rings is 1. The van der Waals surface area contributed by atoms with Crippen LogP contribution in [0.15, 0.2) is 22.7 Å². The summed E-state index contributed by atoms with van der Waals surface area (Å²) in [6.07, 6.45) is 0.771. The second-order valence-electron chi connectivity index (χ2n) is 4.95. The van der Waals surface area contributed by atoms with Crippen LogP contribution in [0.25, 0.3) is 0 Å². The molecule has 1 aromatic rings. The van der Waals surface area contributed by atoms with Crippen molar-refractivity contribution in [2.75, 3.05) is 20.1 Å². The van der Waals surface area contributed by atoms with E-state index in [0.717, 1.165) is 10.9 Å². The molecule has 0 aliphatic carbocycles. The van der Waals surface area contributed by atoms with E-state index in [0.29, 0.717) is 13.1 Å². The summed E-state index contributed by atoms with van der Waals surface area (Å²) in [6.45, 7) is 3.03. The van der Waals surface area contributed by atoms with Gasteiger partial charge in [-0.1, -0.05) is 28.1 Å². The molecule has 0 unspecified atom stereocenters. The number of nitrogens with one attached hydrogen (secondary N) is 2. The van der Waals surface area contributed by atoms with Crippen LogP contribution < -0.4 is 10.6 Å². The fourth-order valence-corrected chi connectivity index (χ4v) is 2.58. The Hall–Kier alpha value is -1.56. The van der Waals surface area contributed by atoms with Crippen molar-refractivity contribution in [1.29, 1.82) is 0 Å². The fraction of sp³-hybridized carbons (Fsp3) is 0.429. The van der Waals surface area contributed by atoms with Crippen molar-refractivity contribution in [3.8, 4) is 0 Å². The van der Waals surface area contributed by atoms with Gasteiger partial charge >= 0.3 is 6.03 Å². The van der Waals surface area contributed by atoms with Crippen molar-refractivity contribution in [3.05, 3.63) is 33.8 Å². The van der Waals surface area contributed by atoms with E-state index in [1.54, 1.807) is 7.05 Å². The molecule has 1 fully saturated rings. The van der Waals surface area contributed by atoms with Crippen LogP contribution in [0.3, 0.4) is 0 Å². The number of amides is 3. The Morgan fingerprint density at radius 2 is 2.30 bits per heavy atom. The number of halogens is 1. The summed E-state index contributed by atoms with van der Waals surface area (Å²) in [7, 11) is 1.67. The minimum atomic E-state index is -0.448. The lowest BCUT2D eigenvalue weighted by Gasteiger charge is -2.12. The zero-order valence-corrected chi connectivity index (χ0v) is 13.2. The molecule has 0 bridgehead atoms. The maximum atomic E-state index is 11.9. The number of likely N-dealkylation sites (N-methyl/N-ethyl adjacent to an activating group) is 1. The van der Waals surface area contributed by atoms with Gasteiger partial charge in [0, 0.05) is 18.1 Å².